The Balaban J connectivity index is 1.60. The Labute approximate surface area is 344 Å². The van der Waals surface area contributed by atoms with E-state index in [1.165, 1.54) is 61.2 Å². The fraction of sp³-hybridized carbons (Fsp3) is 0.571. The van der Waals surface area contributed by atoms with E-state index in [9.17, 15) is 18.4 Å². The van der Waals surface area contributed by atoms with Gasteiger partial charge in [0.15, 0.2) is 11.6 Å². The summed E-state index contributed by atoms with van der Waals surface area (Å²) in [4.78, 5) is 38.3. The van der Waals surface area contributed by atoms with E-state index in [0.29, 0.717) is 55.9 Å². The van der Waals surface area contributed by atoms with Gasteiger partial charge in [-0.15, -0.1) is 22.7 Å². The number of ether oxygens (including phenoxy) is 2. The molecule has 2 unspecified atom stereocenters. The average molecular weight is 913 g/mol. The molecule has 0 spiro atoms. The Kier molecular flexibility index (Phi) is 19.0. The molecule has 54 heavy (non-hydrogen) atoms. The Bertz CT molecular complexity index is 1690. The van der Waals surface area contributed by atoms with Crippen molar-refractivity contribution in [1.82, 2.24) is 9.97 Å². The summed E-state index contributed by atoms with van der Waals surface area (Å²) in [6.07, 6.45) is 17.9. The highest BCUT2D eigenvalue weighted by Crippen LogP contribution is 2.42. The fourth-order valence-electron chi connectivity index (χ4n) is 6.49. The van der Waals surface area contributed by atoms with Gasteiger partial charge in [0.2, 0.25) is 0 Å². The number of carbonyl (C=O) groups is 2. The summed E-state index contributed by atoms with van der Waals surface area (Å²) in [5, 5.41) is 0. The quantitative estimate of drug-likeness (QED) is 0.0302. The summed E-state index contributed by atoms with van der Waals surface area (Å²) in [7, 11) is 0. The maximum absolute atomic E-state index is 14.9. The van der Waals surface area contributed by atoms with Gasteiger partial charge in [-0.1, -0.05) is 105 Å². The zero-order valence-corrected chi connectivity index (χ0v) is 36.9. The number of unbranched alkanes of at least 4 members (excludes halogenated alkanes) is 8. The number of rotatable bonds is 24. The second kappa shape index (κ2) is 23.1. The van der Waals surface area contributed by atoms with Crippen molar-refractivity contribution < 1.29 is 27.8 Å². The van der Waals surface area contributed by atoms with Crippen LogP contribution in [0.4, 0.5) is 8.78 Å². The van der Waals surface area contributed by atoms with Crippen molar-refractivity contribution in [3.05, 3.63) is 54.6 Å². The van der Waals surface area contributed by atoms with E-state index in [1.54, 1.807) is 24.3 Å². The first-order valence-corrected chi connectivity index (χ1v) is 22.9. The van der Waals surface area contributed by atoms with E-state index in [1.807, 2.05) is 0 Å². The first-order chi connectivity index (χ1) is 26.1. The Morgan fingerprint density at radius 3 is 1.33 bits per heavy atom. The number of benzene rings is 1. The molecule has 0 aliphatic carbocycles. The highest BCUT2D eigenvalue weighted by atomic mass is 79.9. The number of hydrogen-bond acceptors (Lipinski definition) is 8. The molecule has 296 valence electrons. The van der Waals surface area contributed by atoms with E-state index in [4.69, 9.17) is 19.4 Å². The number of aromatic nitrogens is 2. The van der Waals surface area contributed by atoms with Crippen LogP contribution in [-0.4, -0.2) is 35.1 Å². The average Bonchev–Trinajstić information content (AvgIpc) is 3.89. The molecule has 2 atom stereocenters. The van der Waals surface area contributed by atoms with Gasteiger partial charge in [0, 0.05) is 0 Å². The smallest absolute Gasteiger partial charge is 0.348 e. The van der Waals surface area contributed by atoms with Crippen LogP contribution in [0.25, 0.3) is 32.2 Å². The number of halogens is 4. The number of hydrogen-bond donors (Lipinski definition) is 0. The molecular weight excluding hydrogens is 858 g/mol. The molecule has 4 rings (SSSR count). The zero-order valence-electron chi connectivity index (χ0n) is 32.0. The summed E-state index contributed by atoms with van der Waals surface area (Å²) >= 11 is 8.77. The Hall–Kier alpha value is -2.28. The van der Waals surface area contributed by atoms with E-state index in [0.717, 1.165) is 64.2 Å². The van der Waals surface area contributed by atoms with Crippen LogP contribution in [0, 0.1) is 23.5 Å². The summed E-state index contributed by atoms with van der Waals surface area (Å²) in [5.41, 5.74) is 0.977. The standard InChI is InChI=1S/C42H54Br2F2N2O4S2/c1-5-9-13-15-19-27(17-11-7-3)25-51-41(49)31-23-21-29(53-31)37-38(48-40-34(44)36(46)35(45)33(43)39(40)47-37)30-22-24-32(54-30)42(50)52-26-28(18-12-8-4)20-16-14-10-6-2/h21-24,27-28H,5-20,25-26H2,1-4H3. The van der Waals surface area contributed by atoms with Gasteiger partial charge in [0.25, 0.3) is 0 Å². The van der Waals surface area contributed by atoms with Crippen molar-refractivity contribution in [2.45, 2.75) is 130 Å². The normalized spacial score (nSPS) is 12.7. The lowest BCUT2D eigenvalue weighted by atomic mass is 9.96. The zero-order chi connectivity index (χ0) is 39.0. The SMILES string of the molecule is CCCCCCC(CCCC)COC(=O)c1ccc(-c2nc3c(Br)c(F)c(F)c(Br)c3nc2-c2ccc(C(=O)OCC(CCCC)CCCCCC)s2)s1. The molecule has 0 aliphatic rings. The Morgan fingerprint density at radius 2 is 0.963 bits per heavy atom. The number of esters is 2. The summed E-state index contributed by atoms with van der Waals surface area (Å²) in [6.45, 7) is 9.48. The van der Waals surface area contributed by atoms with Crippen LogP contribution in [0.3, 0.4) is 0 Å². The summed E-state index contributed by atoms with van der Waals surface area (Å²) < 4.78 is 41.2. The molecule has 6 nitrogen and oxygen atoms in total. The third kappa shape index (κ3) is 12.4. The van der Waals surface area contributed by atoms with Crippen LogP contribution in [0.2, 0.25) is 0 Å². The van der Waals surface area contributed by atoms with E-state index >= 15 is 0 Å². The first kappa shape index (κ1) is 44.4. The highest BCUT2D eigenvalue weighted by molar-refractivity contribution is 9.11. The van der Waals surface area contributed by atoms with Crippen LogP contribution in [0.5, 0.6) is 0 Å². The molecule has 0 amide bonds. The predicted molar refractivity (Wildman–Crippen MR) is 226 cm³/mol. The fourth-order valence-corrected chi connectivity index (χ4v) is 9.17. The van der Waals surface area contributed by atoms with Gasteiger partial charge in [0.05, 0.1) is 31.9 Å². The van der Waals surface area contributed by atoms with Gasteiger partial charge < -0.3 is 9.47 Å². The summed E-state index contributed by atoms with van der Waals surface area (Å²) in [5.74, 6) is -2.35. The van der Waals surface area contributed by atoms with Crippen molar-refractivity contribution in [2.75, 3.05) is 13.2 Å². The third-order valence-electron chi connectivity index (χ3n) is 9.73. The van der Waals surface area contributed by atoms with Crippen LogP contribution in [0.1, 0.15) is 150 Å². The van der Waals surface area contributed by atoms with Crippen LogP contribution in [-0.2, 0) is 9.47 Å². The van der Waals surface area contributed by atoms with E-state index in [2.05, 4.69) is 59.6 Å². The topological polar surface area (TPSA) is 78.4 Å². The molecule has 0 N–H and O–H groups in total. The first-order valence-electron chi connectivity index (χ1n) is 19.7. The van der Waals surface area contributed by atoms with Crippen LogP contribution < -0.4 is 0 Å². The van der Waals surface area contributed by atoms with Crippen LogP contribution >= 0.6 is 54.5 Å². The predicted octanol–water partition coefficient (Wildman–Crippen LogP) is 14.8. The molecule has 0 aliphatic heterocycles. The van der Waals surface area contributed by atoms with Gasteiger partial charge in [-0.3, -0.25) is 0 Å². The number of thiophene rings is 2. The molecule has 1 aromatic carbocycles. The third-order valence-corrected chi connectivity index (χ3v) is 13.3. The minimum absolute atomic E-state index is 0.118. The second-order valence-electron chi connectivity index (χ2n) is 14.1. The van der Waals surface area contributed by atoms with Gasteiger partial charge in [0.1, 0.15) is 32.2 Å². The summed E-state index contributed by atoms with van der Waals surface area (Å²) in [6, 6.07) is 6.93. The van der Waals surface area contributed by atoms with Gasteiger partial charge >= 0.3 is 11.9 Å². The molecule has 0 saturated heterocycles. The van der Waals surface area contributed by atoms with Crippen LogP contribution in [0.15, 0.2) is 33.2 Å². The number of fused-ring (bicyclic) bond motifs is 1. The second-order valence-corrected chi connectivity index (χ2v) is 17.9. The van der Waals surface area contributed by atoms with E-state index in [-0.39, 0.29) is 20.0 Å². The van der Waals surface area contributed by atoms with Gasteiger partial charge in [-0.05, 0) is 93.6 Å². The van der Waals surface area contributed by atoms with Gasteiger partial charge in [-0.2, -0.15) is 0 Å². The number of nitrogens with zero attached hydrogens (tertiary/aromatic N) is 2. The van der Waals surface area contributed by atoms with Gasteiger partial charge in [-0.25, -0.2) is 28.3 Å². The minimum atomic E-state index is -1.09. The molecule has 0 fully saturated rings. The molecule has 12 heteroatoms. The molecule has 3 heterocycles. The minimum Gasteiger partial charge on any atom is -0.461 e. The molecule has 4 aromatic rings. The largest absolute Gasteiger partial charge is 0.461 e. The molecule has 0 saturated carbocycles. The lowest BCUT2D eigenvalue weighted by molar-refractivity contribution is 0.0419. The number of carbonyl (C=O) groups excluding carboxylic acids is 2. The van der Waals surface area contributed by atoms with Crippen molar-refractivity contribution in [3.8, 4) is 21.1 Å². The highest BCUT2D eigenvalue weighted by Gasteiger charge is 2.26. The van der Waals surface area contributed by atoms with Crippen molar-refractivity contribution in [1.29, 1.82) is 0 Å². The molecule has 0 radical (unpaired) electrons. The van der Waals surface area contributed by atoms with Crippen molar-refractivity contribution >= 4 is 77.5 Å². The maximum Gasteiger partial charge on any atom is 0.348 e. The monoisotopic (exact) mass is 910 g/mol. The lowest BCUT2D eigenvalue weighted by Gasteiger charge is -2.16. The molecule has 0 bridgehead atoms. The molecular formula is C42H54Br2F2N2O4S2. The van der Waals surface area contributed by atoms with Crippen molar-refractivity contribution in [2.24, 2.45) is 11.8 Å². The maximum atomic E-state index is 14.9. The van der Waals surface area contributed by atoms with Crippen molar-refractivity contribution in [3.63, 3.8) is 0 Å². The lowest BCUT2D eigenvalue weighted by Crippen LogP contribution is -2.14. The molecule has 3 aromatic heterocycles. The van der Waals surface area contributed by atoms with E-state index < -0.39 is 23.6 Å². The Morgan fingerprint density at radius 1 is 0.593 bits per heavy atom.